The third-order valence-electron chi connectivity index (χ3n) is 7.65. The Bertz CT molecular complexity index is 1820. The average Bonchev–Trinajstić information content (AvgIpc) is 3.71. The summed E-state index contributed by atoms with van der Waals surface area (Å²) < 4.78 is 13.7. The van der Waals surface area contributed by atoms with E-state index in [0.717, 1.165) is 75.3 Å². The molecule has 0 aliphatic carbocycles. The molecule has 4 heterocycles. The molecule has 6 aromatic rings. The zero-order chi connectivity index (χ0) is 29.8. The Morgan fingerprint density at radius 3 is 2.44 bits per heavy atom. The lowest BCUT2D eigenvalue weighted by atomic mass is 9.97. The molecule has 0 bridgehead atoms. The second-order valence-electron chi connectivity index (χ2n) is 10.4. The highest BCUT2D eigenvalue weighted by Gasteiger charge is 2.26. The first kappa shape index (κ1) is 28.3. The summed E-state index contributed by atoms with van der Waals surface area (Å²) in [6.45, 7) is 4.83. The third kappa shape index (κ3) is 5.54. The summed E-state index contributed by atoms with van der Waals surface area (Å²) in [6.07, 6.45) is 4.02. The smallest absolute Gasteiger partial charge is 0.205 e. The van der Waals surface area contributed by atoms with E-state index in [0.29, 0.717) is 18.1 Å². The lowest BCUT2D eigenvalue weighted by Gasteiger charge is -2.19. The summed E-state index contributed by atoms with van der Waals surface area (Å²) in [6, 6.07) is 22.5. The van der Waals surface area contributed by atoms with E-state index in [-0.39, 0.29) is 0 Å². The van der Waals surface area contributed by atoms with Gasteiger partial charge in [0.05, 0.1) is 12.2 Å². The summed E-state index contributed by atoms with van der Waals surface area (Å²) in [7, 11) is 3.24. The standard InChI is InChI=1S/C33H34N8O2/c1-5-6-15-27-35-29-21(2)28(26-14-10-11-18-34-26)30(33(42-3)43-4)36-32(29)41(27)20-22-16-17-24(23-12-8-7-9-13-23)25(19-22)31-37-39-40-38-31/h7-14,16-19,33H,5-6,15,20H2,1-4H3,(H,37,38,39,40). The Morgan fingerprint density at radius 2 is 1.74 bits per heavy atom. The maximum absolute atomic E-state index is 5.73. The Labute approximate surface area is 250 Å². The maximum atomic E-state index is 5.73. The van der Waals surface area contributed by atoms with Gasteiger partial charge in [0.15, 0.2) is 5.65 Å². The molecule has 0 fully saturated rings. The van der Waals surface area contributed by atoms with Gasteiger partial charge >= 0.3 is 0 Å². The molecule has 10 nitrogen and oxygen atoms in total. The molecule has 218 valence electrons. The lowest BCUT2D eigenvalue weighted by molar-refractivity contribution is -0.108. The van der Waals surface area contributed by atoms with Gasteiger partial charge in [-0.1, -0.05) is 61.9 Å². The molecule has 0 amide bonds. The molecule has 0 radical (unpaired) electrons. The zero-order valence-corrected chi connectivity index (χ0v) is 24.8. The summed E-state index contributed by atoms with van der Waals surface area (Å²) in [5, 5.41) is 15.0. The molecule has 10 heteroatoms. The predicted molar refractivity (Wildman–Crippen MR) is 165 cm³/mol. The van der Waals surface area contributed by atoms with E-state index in [1.165, 1.54) is 0 Å². The van der Waals surface area contributed by atoms with Crippen LogP contribution in [-0.2, 0) is 22.4 Å². The van der Waals surface area contributed by atoms with E-state index in [4.69, 9.17) is 19.4 Å². The molecule has 0 spiro atoms. The van der Waals surface area contributed by atoms with Gasteiger partial charge in [-0.25, -0.2) is 9.97 Å². The number of rotatable bonds is 11. The largest absolute Gasteiger partial charge is 0.350 e. The minimum absolute atomic E-state index is 0.543. The number of methoxy groups -OCH3 is 2. The number of nitrogens with zero attached hydrogens (tertiary/aromatic N) is 7. The van der Waals surface area contributed by atoms with Crippen molar-refractivity contribution in [2.45, 2.75) is 45.9 Å². The molecule has 6 rings (SSSR count). The fourth-order valence-corrected chi connectivity index (χ4v) is 5.55. The molecule has 0 aliphatic heterocycles. The van der Waals surface area contributed by atoms with Gasteiger partial charge < -0.3 is 14.0 Å². The first-order chi connectivity index (χ1) is 21.1. The van der Waals surface area contributed by atoms with E-state index in [1.807, 2.05) is 36.4 Å². The number of aryl methyl sites for hydroxylation is 2. The predicted octanol–water partition coefficient (Wildman–Crippen LogP) is 6.33. The van der Waals surface area contributed by atoms with Gasteiger partial charge in [-0.3, -0.25) is 4.98 Å². The number of unbranched alkanes of at least 4 members (excludes halogenated alkanes) is 1. The SMILES string of the molecule is CCCCc1nc2c(C)c(-c3ccccn3)c(C(OC)OC)nc2n1Cc1ccc(-c2ccccc2)c(-c2nn[nH]n2)c1. The van der Waals surface area contributed by atoms with Crippen molar-refractivity contribution in [2.75, 3.05) is 14.2 Å². The van der Waals surface area contributed by atoms with Crippen LogP contribution >= 0.6 is 0 Å². The maximum Gasteiger partial charge on any atom is 0.205 e. The van der Waals surface area contributed by atoms with Gasteiger partial charge in [-0.15, -0.1) is 10.2 Å². The molecule has 0 saturated heterocycles. The molecule has 0 saturated carbocycles. The van der Waals surface area contributed by atoms with Gasteiger partial charge in [-0.05, 0) is 59.0 Å². The van der Waals surface area contributed by atoms with Gasteiger partial charge in [0, 0.05) is 38.0 Å². The molecule has 0 aliphatic rings. The number of aromatic nitrogens is 8. The number of benzene rings is 2. The Morgan fingerprint density at radius 1 is 0.930 bits per heavy atom. The fourth-order valence-electron chi connectivity index (χ4n) is 5.55. The Hall–Kier alpha value is -4.80. The van der Waals surface area contributed by atoms with Crippen molar-refractivity contribution in [3.8, 4) is 33.8 Å². The van der Waals surface area contributed by atoms with Gasteiger partial charge in [0.1, 0.15) is 17.0 Å². The number of imidazole rings is 1. The summed E-state index contributed by atoms with van der Waals surface area (Å²) >= 11 is 0. The van der Waals surface area contributed by atoms with Gasteiger partial charge in [0.25, 0.3) is 0 Å². The van der Waals surface area contributed by atoms with Crippen LogP contribution in [0.1, 0.15) is 48.7 Å². The van der Waals surface area contributed by atoms with Crippen LogP contribution in [0.4, 0.5) is 0 Å². The lowest BCUT2D eigenvalue weighted by Crippen LogP contribution is -2.12. The van der Waals surface area contributed by atoms with Crippen molar-refractivity contribution in [3.63, 3.8) is 0 Å². The molecule has 43 heavy (non-hydrogen) atoms. The monoisotopic (exact) mass is 574 g/mol. The van der Waals surface area contributed by atoms with Crippen LogP contribution < -0.4 is 0 Å². The van der Waals surface area contributed by atoms with Gasteiger partial charge in [-0.2, -0.15) is 5.21 Å². The Balaban J connectivity index is 1.53. The van der Waals surface area contributed by atoms with E-state index in [9.17, 15) is 0 Å². The number of hydrogen-bond acceptors (Lipinski definition) is 8. The number of ether oxygens (including phenoxy) is 2. The third-order valence-corrected chi connectivity index (χ3v) is 7.65. The number of hydrogen-bond donors (Lipinski definition) is 1. The van der Waals surface area contributed by atoms with Crippen LogP contribution in [0, 0.1) is 6.92 Å². The molecule has 4 aromatic heterocycles. The molecule has 2 aromatic carbocycles. The quantitative estimate of drug-likeness (QED) is 0.178. The highest BCUT2D eigenvalue weighted by atomic mass is 16.7. The van der Waals surface area contributed by atoms with Crippen LogP contribution in [0.2, 0.25) is 0 Å². The summed E-state index contributed by atoms with van der Waals surface area (Å²) in [5.41, 5.74) is 9.05. The normalized spacial score (nSPS) is 11.6. The van der Waals surface area contributed by atoms with Crippen molar-refractivity contribution in [3.05, 3.63) is 95.6 Å². The average molecular weight is 575 g/mol. The van der Waals surface area contributed by atoms with Crippen LogP contribution in [0.25, 0.3) is 44.9 Å². The first-order valence-electron chi connectivity index (χ1n) is 14.4. The summed E-state index contributed by atoms with van der Waals surface area (Å²) in [4.78, 5) is 15.0. The van der Waals surface area contributed by atoms with Gasteiger partial charge in [0.2, 0.25) is 12.1 Å². The topological polar surface area (TPSA) is 117 Å². The highest BCUT2D eigenvalue weighted by molar-refractivity contribution is 5.85. The van der Waals surface area contributed by atoms with Crippen LogP contribution in [-0.4, -0.2) is 54.4 Å². The molecule has 1 N–H and O–H groups in total. The highest BCUT2D eigenvalue weighted by Crippen LogP contribution is 2.36. The number of pyridine rings is 2. The second kappa shape index (κ2) is 12.6. The molecule has 0 atom stereocenters. The van der Waals surface area contributed by atoms with E-state index in [2.05, 4.69) is 74.4 Å². The van der Waals surface area contributed by atoms with Crippen LogP contribution in [0.3, 0.4) is 0 Å². The zero-order valence-electron chi connectivity index (χ0n) is 24.8. The minimum Gasteiger partial charge on any atom is -0.350 e. The van der Waals surface area contributed by atoms with E-state index < -0.39 is 6.29 Å². The first-order valence-corrected chi connectivity index (χ1v) is 14.4. The van der Waals surface area contributed by atoms with Crippen molar-refractivity contribution in [1.29, 1.82) is 0 Å². The van der Waals surface area contributed by atoms with E-state index in [1.54, 1.807) is 20.4 Å². The minimum atomic E-state index is -0.669. The summed E-state index contributed by atoms with van der Waals surface area (Å²) in [5.74, 6) is 1.53. The molecular weight excluding hydrogens is 540 g/mol. The number of aromatic amines is 1. The molecular formula is C33H34N8O2. The van der Waals surface area contributed by atoms with E-state index >= 15 is 0 Å². The number of tetrazole rings is 1. The number of nitrogens with one attached hydrogen (secondary N) is 1. The molecule has 0 unspecified atom stereocenters. The Kier molecular flexibility index (Phi) is 8.30. The van der Waals surface area contributed by atoms with Crippen molar-refractivity contribution in [2.24, 2.45) is 0 Å². The van der Waals surface area contributed by atoms with Crippen molar-refractivity contribution >= 4 is 11.2 Å². The van der Waals surface area contributed by atoms with Crippen LogP contribution in [0.15, 0.2) is 72.9 Å². The second-order valence-corrected chi connectivity index (χ2v) is 10.4. The number of H-pyrrole nitrogens is 1. The van der Waals surface area contributed by atoms with Crippen molar-refractivity contribution < 1.29 is 9.47 Å². The van der Waals surface area contributed by atoms with Crippen LogP contribution in [0.5, 0.6) is 0 Å². The number of fused-ring (bicyclic) bond motifs is 1. The fraction of sp³-hybridized carbons (Fsp3) is 0.273. The van der Waals surface area contributed by atoms with Crippen molar-refractivity contribution in [1.82, 2.24) is 40.1 Å².